The second kappa shape index (κ2) is 15.9. The van der Waals surface area contributed by atoms with Crippen LogP contribution in [0.1, 0.15) is 56.7 Å². The summed E-state index contributed by atoms with van der Waals surface area (Å²) in [5.41, 5.74) is 4.06. The molecule has 10 nitrogen and oxygen atoms in total. The Balaban J connectivity index is 1.83. The smallest absolute Gasteiger partial charge is 0.222 e. The summed E-state index contributed by atoms with van der Waals surface area (Å²) in [6, 6.07) is 21.2. The minimum Gasteiger partial charge on any atom is -0.222 e. The van der Waals surface area contributed by atoms with Crippen LogP contribution in [0.3, 0.4) is 0 Å². The SMILES string of the molecule is CC/C=C/c1ccc(N(N)OP(=O)(ON(N)c2ccc(/C=C/CC)cc2)ON(N)c2ccc(/C=C/CC)cc2)cc1. The van der Waals surface area contributed by atoms with Gasteiger partial charge < -0.3 is 0 Å². The Labute approximate surface area is 242 Å². The molecule has 0 aliphatic carbocycles. The van der Waals surface area contributed by atoms with Gasteiger partial charge in [0.15, 0.2) is 0 Å². The van der Waals surface area contributed by atoms with Gasteiger partial charge in [0.2, 0.25) is 0 Å². The highest BCUT2D eigenvalue weighted by Crippen LogP contribution is 2.52. The van der Waals surface area contributed by atoms with Crippen molar-refractivity contribution in [3.63, 3.8) is 0 Å². The van der Waals surface area contributed by atoms with E-state index >= 15 is 0 Å². The molecule has 0 spiro atoms. The maximum Gasteiger partial charge on any atom is 0.543 e. The third-order valence-corrected chi connectivity index (χ3v) is 6.77. The average Bonchev–Trinajstić information content (AvgIpc) is 2.98. The zero-order valence-electron chi connectivity index (χ0n) is 23.7. The predicted octanol–water partition coefficient (Wildman–Crippen LogP) is 7.30. The molecule has 218 valence electrons. The molecular formula is C30H39N6O4P. The van der Waals surface area contributed by atoms with Crippen LogP contribution in [0, 0.1) is 0 Å². The number of hydrogen-bond donors (Lipinski definition) is 3. The lowest BCUT2D eigenvalue weighted by Gasteiger charge is -2.29. The first kappa shape index (κ1) is 31.8. The van der Waals surface area contributed by atoms with E-state index in [1.807, 2.05) is 72.9 Å². The maximum absolute atomic E-state index is 13.9. The summed E-state index contributed by atoms with van der Waals surface area (Å²) in [6.45, 7) is 6.15. The van der Waals surface area contributed by atoms with Crippen LogP contribution in [-0.4, -0.2) is 0 Å². The summed E-state index contributed by atoms with van der Waals surface area (Å²) >= 11 is 0. The topological polar surface area (TPSA) is 133 Å². The van der Waals surface area contributed by atoms with Gasteiger partial charge in [-0.1, -0.05) is 93.6 Å². The summed E-state index contributed by atoms with van der Waals surface area (Å²) in [5, 5.41) is 2.35. The lowest BCUT2D eigenvalue weighted by molar-refractivity contribution is 0.0860. The molecule has 11 heteroatoms. The van der Waals surface area contributed by atoms with Crippen molar-refractivity contribution in [2.75, 3.05) is 15.5 Å². The van der Waals surface area contributed by atoms with Gasteiger partial charge in [-0.2, -0.15) is 15.5 Å². The monoisotopic (exact) mass is 578 g/mol. The molecule has 0 aliphatic rings. The average molecular weight is 579 g/mol. The van der Waals surface area contributed by atoms with E-state index in [9.17, 15) is 4.57 Å². The molecule has 3 aromatic carbocycles. The van der Waals surface area contributed by atoms with Crippen LogP contribution in [0.15, 0.2) is 91.0 Å². The molecule has 0 unspecified atom stereocenters. The van der Waals surface area contributed by atoms with Gasteiger partial charge in [0.25, 0.3) is 0 Å². The molecule has 0 radical (unpaired) electrons. The summed E-state index contributed by atoms with van der Waals surface area (Å²) in [4.78, 5) is 0. The summed E-state index contributed by atoms with van der Waals surface area (Å²) in [5.74, 6) is 18.4. The van der Waals surface area contributed by atoms with E-state index in [0.717, 1.165) is 51.5 Å². The molecule has 0 saturated heterocycles. The van der Waals surface area contributed by atoms with E-state index in [0.29, 0.717) is 17.1 Å². The fourth-order valence-corrected chi connectivity index (χ4v) is 4.49. The van der Waals surface area contributed by atoms with E-state index in [1.165, 1.54) is 0 Å². The lowest BCUT2D eigenvalue weighted by Crippen LogP contribution is -2.38. The molecule has 0 saturated carbocycles. The second-order valence-electron chi connectivity index (χ2n) is 8.88. The second-order valence-corrected chi connectivity index (χ2v) is 10.3. The van der Waals surface area contributed by atoms with Gasteiger partial charge in [-0.3, -0.25) is 0 Å². The Morgan fingerprint density at radius 1 is 0.537 bits per heavy atom. The summed E-state index contributed by atoms with van der Waals surface area (Å²) < 4.78 is 30.5. The number of hydrazine groups is 3. The molecule has 6 N–H and O–H groups in total. The van der Waals surface area contributed by atoms with Gasteiger partial charge in [-0.15, -0.1) is 13.9 Å². The van der Waals surface area contributed by atoms with Crippen LogP contribution in [0.2, 0.25) is 0 Å². The van der Waals surface area contributed by atoms with E-state index in [1.54, 1.807) is 36.4 Å². The van der Waals surface area contributed by atoms with Crippen molar-refractivity contribution in [3.8, 4) is 0 Å². The number of benzene rings is 3. The molecule has 3 rings (SSSR count). The highest BCUT2D eigenvalue weighted by Gasteiger charge is 2.37. The van der Waals surface area contributed by atoms with E-state index in [-0.39, 0.29) is 0 Å². The number of allylic oxidation sites excluding steroid dienone is 3. The highest BCUT2D eigenvalue weighted by molar-refractivity contribution is 7.48. The van der Waals surface area contributed by atoms with Crippen LogP contribution >= 0.6 is 7.82 Å². The maximum atomic E-state index is 13.9. The quantitative estimate of drug-likeness (QED) is 0.0958. The molecule has 0 amide bonds. The normalized spacial score (nSPS) is 12.0. The first-order valence-electron chi connectivity index (χ1n) is 13.4. The summed E-state index contributed by atoms with van der Waals surface area (Å²) in [7, 11) is -4.61. The van der Waals surface area contributed by atoms with Gasteiger partial charge in [0.05, 0.1) is 17.1 Å². The van der Waals surface area contributed by atoms with Crippen LogP contribution in [-0.2, 0) is 18.4 Å². The molecule has 3 aromatic rings. The Morgan fingerprint density at radius 3 is 1.00 bits per heavy atom. The van der Waals surface area contributed by atoms with Gasteiger partial charge >= 0.3 is 7.82 Å². The fraction of sp³-hybridized carbons (Fsp3) is 0.200. The van der Waals surface area contributed by atoms with E-state index in [4.69, 9.17) is 31.4 Å². The Bertz CT molecular complexity index is 1180. The Kier molecular flexibility index (Phi) is 12.3. The largest absolute Gasteiger partial charge is 0.543 e. The lowest BCUT2D eigenvalue weighted by atomic mass is 10.2. The number of anilines is 3. The number of rotatable bonds is 15. The standard InChI is InChI=1S/C30H39N6O4P/c1-4-7-10-25-13-19-28(20-14-25)34(31)38-41(37,39-35(32)29-21-15-26(16-22-29)11-8-5-2)40-36(33)30-23-17-27(18-24-30)12-9-6-3/h7-24H,4-6,31-33H2,1-3H3/b10-7+,11-8+,12-9+. The Morgan fingerprint density at radius 2 is 0.780 bits per heavy atom. The third-order valence-electron chi connectivity index (χ3n) is 5.64. The van der Waals surface area contributed by atoms with Crippen molar-refractivity contribution in [1.82, 2.24) is 0 Å². The first-order chi connectivity index (χ1) is 19.8. The van der Waals surface area contributed by atoms with Gasteiger partial charge in [-0.25, -0.2) is 22.1 Å². The van der Waals surface area contributed by atoms with Crippen molar-refractivity contribution < 1.29 is 18.4 Å². The minimum atomic E-state index is -4.61. The summed E-state index contributed by atoms with van der Waals surface area (Å²) in [6.07, 6.45) is 14.8. The number of nitrogens with zero attached hydrogens (tertiary/aromatic N) is 3. The molecule has 0 aliphatic heterocycles. The van der Waals surface area contributed by atoms with Crippen LogP contribution < -0.4 is 33.0 Å². The fourth-order valence-electron chi connectivity index (χ4n) is 3.47. The van der Waals surface area contributed by atoms with Crippen LogP contribution in [0.4, 0.5) is 17.1 Å². The van der Waals surface area contributed by atoms with E-state index in [2.05, 4.69) is 20.8 Å². The zero-order valence-corrected chi connectivity index (χ0v) is 24.6. The van der Waals surface area contributed by atoms with Gasteiger partial charge in [0, 0.05) is 0 Å². The molecule has 41 heavy (non-hydrogen) atoms. The van der Waals surface area contributed by atoms with Gasteiger partial charge in [-0.05, 0) is 72.4 Å². The predicted molar refractivity (Wildman–Crippen MR) is 168 cm³/mol. The molecule has 0 aromatic heterocycles. The molecular weight excluding hydrogens is 539 g/mol. The molecule has 0 fully saturated rings. The van der Waals surface area contributed by atoms with Crippen molar-refractivity contribution in [1.29, 1.82) is 0 Å². The van der Waals surface area contributed by atoms with Crippen molar-refractivity contribution >= 4 is 43.1 Å². The molecule has 0 heterocycles. The van der Waals surface area contributed by atoms with Gasteiger partial charge in [0.1, 0.15) is 0 Å². The zero-order chi connectivity index (χ0) is 29.7. The van der Waals surface area contributed by atoms with Crippen LogP contribution in [0.25, 0.3) is 18.2 Å². The third kappa shape index (κ3) is 10.00. The number of nitrogens with two attached hydrogens (primary N) is 3. The number of hydrogen-bond acceptors (Lipinski definition) is 10. The molecule has 0 bridgehead atoms. The first-order valence-corrected chi connectivity index (χ1v) is 14.9. The van der Waals surface area contributed by atoms with Crippen molar-refractivity contribution in [2.24, 2.45) is 17.5 Å². The Hall–Kier alpha value is -3.73. The van der Waals surface area contributed by atoms with Crippen LogP contribution in [0.5, 0.6) is 0 Å². The molecule has 0 atom stereocenters. The van der Waals surface area contributed by atoms with Crippen molar-refractivity contribution in [2.45, 2.75) is 40.0 Å². The minimum absolute atomic E-state index is 0.386. The number of phosphoric acid groups is 1. The highest BCUT2D eigenvalue weighted by atomic mass is 31.2. The van der Waals surface area contributed by atoms with Crippen molar-refractivity contribution in [3.05, 3.63) is 108 Å². The van der Waals surface area contributed by atoms with E-state index < -0.39 is 7.82 Å².